The van der Waals surface area contributed by atoms with Crippen LogP contribution in [0.15, 0.2) is 9.85 Å². The molecule has 3 heteroatoms. The molecule has 1 aromatic heterocycles. The Balaban J connectivity index is 1.72. The molecule has 1 aromatic rings. The summed E-state index contributed by atoms with van der Waals surface area (Å²) in [7, 11) is 0. The predicted octanol–water partition coefficient (Wildman–Crippen LogP) is 5.45. The molecule has 0 aliphatic heterocycles. The fraction of sp³-hybridized carbons (Fsp3) is 0.750. The van der Waals surface area contributed by atoms with Crippen LogP contribution in [0.4, 0.5) is 0 Å². The van der Waals surface area contributed by atoms with E-state index in [4.69, 9.17) is 0 Å². The lowest BCUT2D eigenvalue weighted by molar-refractivity contribution is 0.306. The zero-order valence-corrected chi connectivity index (χ0v) is 14.2. The number of nitrogens with one attached hydrogen (secondary N) is 1. The third-order valence-electron chi connectivity index (χ3n) is 4.86. The maximum Gasteiger partial charge on any atom is 0.0704 e. The van der Waals surface area contributed by atoms with Gasteiger partial charge in [-0.05, 0) is 65.6 Å². The van der Waals surface area contributed by atoms with Crippen LogP contribution < -0.4 is 5.32 Å². The number of fused-ring (bicyclic) bond motifs is 1. The van der Waals surface area contributed by atoms with Crippen molar-refractivity contribution < 1.29 is 0 Å². The summed E-state index contributed by atoms with van der Waals surface area (Å²) in [6.07, 6.45) is 11.0. The van der Waals surface area contributed by atoms with Gasteiger partial charge >= 0.3 is 0 Å². The standard InChI is InChI=1S/C16H24BrNS/c1-11-6-3-2-4-7-13(11)18-14-8-5-9-15-12(14)10-16(17)19-15/h10-11,13-14,18H,2-9H2,1H3. The van der Waals surface area contributed by atoms with Crippen molar-refractivity contribution >= 4 is 27.3 Å². The highest BCUT2D eigenvalue weighted by Gasteiger charge is 2.27. The molecule has 3 unspecified atom stereocenters. The Labute approximate surface area is 129 Å². The molecule has 0 aromatic carbocycles. The van der Waals surface area contributed by atoms with Crippen LogP contribution in [-0.4, -0.2) is 6.04 Å². The van der Waals surface area contributed by atoms with Gasteiger partial charge in [-0.1, -0.05) is 26.2 Å². The first-order valence-electron chi connectivity index (χ1n) is 7.78. The highest BCUT2D eigenvalue weighted by Crippen LogP contribution is 2.39. The minimum atomic E-state index is 0.608. The smallest absolute Gasteiger partial charge is 0.0704 e. The van der Waals surface area contributed by atoms with Crippen molar-refractivity contribution in [2.24, 2.45) is 5.92 Å². The fourth-order valence-corrected chi connectivity index (χ4v) is 5.51. The summed E-state index contributed by atoms with van der Waals surface area (Å²) in [5.74, 6) is 0.843. The van der Waals surface area contributed by atoms with E-state index in [-0.39, 0.29) is 0 Å². The maximum atomic E-state index is 4.00. The first-order valence-corrected chi connectivity index (χ1v) is 9.39. The zero-order chi connectivity index (χ0) is 13.2. The van der Waals surface area contributed by atoms with E-state index in [0.29, 0.717) is 6.04 Å². The molecule has 0 amide bonds. The number of hydrogen-bond donors (Lipinski definition) is 1. The van der Waals surface area contributed by atoms with Crippen LogP contribution in [0.2, 0.25) is 0 Å². The summed E-state index contributed by atoms with van der Waals surface area (Å²) in [5.41, 5.74) is 1.58. The van der Waals surface area contributed by atoms with Gasteiger partial charge in [0.05, 0.1) is 3.79 Å². The number of aryl methyl sites for hydroxylation is 1. The molecule has 106 valence electrons. The Hall–Kier alpha value is 0.140. The molecule has 1 fully saturated rings. The van der Waals surface area contributed by atoms with Gasteiger partial charge in [0.2, 0.25) is 0 Å². The zero-order valence-electron chi connectivity index (χ0n) is 11.8. The molecule has 1 heterocycles. The summed E-state index contributed by atoms with van der Waals surface area (Å²) in [4.78, 5) is 1.61. The van der Waals surface area contributed by atoms with E-state index < -0.39 is 0 Å². The van der Waals surface area contributed by atoms with Gasteiger partial charge in [0.1, 0.15) is 0 Å². The third kappa shape index (κ3) is 3.25. The summed E-state index contributed by atoms with van der Waals surface area (Å²) in [6, 6.07) is 3.70. The minimum Gasteiger partial charge on any atom is -0.307 e. The van der Waals surface area contributed by atoms with E-state index in [1.165, 1.54) is 55.2 Å². The van der Waals surface area contributed by atoms with Gasteiger partial charge in [-0.3, -0.25) is 0 Å². The molecule has 0 spiro atoms. The quantitative estimate of drug-likeness (QED) is 0.705. The Bertz CT molecular complexity index is 428. The second-order valence-corrected chi connectivity index (χ2v) is 8.78. The molecule has 2 aliphatic carbocycles. The van der Waals surface area contributed by atoms with E-state index in [1.54, 1.807) is 10.4 Å². The van der Waals surface area contributed by atoms with E-state index in [0.717, 1.165) is 12.0 Å². The van der Waals surface area contributed by atoms with Crippen LogP contribution in [0.1, 0.15) is 68.4 Å². The van der Waals surface area contributed by atoms with Crippen molar-refractivity contribution in [2.45, 2.75) is 70.4 Å². The number of halogens is 1. The summed E-state index contributed by atoms with van der Waals surface area (Å²) in [5, 5.41) is 4.00. The van der Waals surface area contributed by atoms with Gasteiger partial charge in [-0.15, -0.1) is 11.3 Å². The van der Waals surface area contributed by atoms with Crippen LogP contribution in [0.5, 0.6) is 0 Å². The van der Waals surface area contributed by atoms with Crippen LogP contribution in [0.25, 0.3) is 0 Å². The molecule has 2 aliphatic rings. The van der Waals surface area contributed by atoms with Gasteiger partial charge in [-0.2, -0.15) is 0 Å². The van der Waals surface area contributed by atoms with Gasteiger partial charge < -0.3 is 5.32 Å². The van der Waals surface area contributed by atoms with Crippen LogP contribution in [0.3, 0.4) is 0 Å². The molecule has 1 nitrogen and oxygen atoms in total. The molecule has 0 bridgehead atoms. The fourth-order valence-electron chi connectivity index (χ4n) is 3.69. The molecular formula is C16H24BrNS. The monoisotopic (exact) mass is 341 g/mol. The van der Waals surface area contributed by atoms with Gasteiger partial charge in [0, 0.05) is 17.0 Å². The second-order valence-electron chi connectivity index (χ2n) is 6.26. The Kier molecular flexibility index (Phi) is 4.66. The van der Waals surface area contributed by atoms with E-state index in [1.807, 2.05) is 11.3 Å². The summed E-state index contributed by atoms with van der Waals surface area (Å²) < 4.78 is 1.31. The number of hydrogen-bond acceptors (Lipinski definition) is 2. The van der Waals surface area contributed by atoms with Crippen LogP contribution in [-0.2, 0) is 6.42 Å². The summed E-state index contributed by atoms with van der Waals surface area (Å²) in [6.45, 7) is 2.44. The molecule has 19 heavy (non-hydrogen) atoms. The van der Waals surface area contributed by atoms with Crippen molar-refractivity contribution in [2.75, 3.05) is 0 Å². The predicted molar refractivity (Wildman–Crippen MR) is 86.9 cm³/mol. The van der Waals surface area contributed by atoms with E-state index in [2.05, 4.69) is 34.2 Å². The van der Waals surface area contributed by atoms with Gasteiger partial charge in [0.15, 0.2) is 0 Å². The lowest BCUT2D eigenvalue weighted by Crippen LogP contribution is -2.38. The minimum absolute atomic E-state index is 0.608. The van der Waals surface area contributed by atoms with Crippen molar-refractivity contribution in [3.8, 4) is 0 Å². The largest absolute Gasteiger partial charge is 0.307 e. The van der Waals surface area contributed by atoms with Gasteiger partial charge in [0.25, 0.3) is 0 Å². The Morgan fingerprint density at radius 3 is 2.89 bits per heavy atom. The summed E-state index contributed by atoms with van der Waals surface area (Å²) >= 11 is 5.60. The van der Waals surface area contributed by atoms with Crippen LogP contribution in [0, 0.1) is 5.92 Å². The Morgan fingerprint density at radius 2 is 2.00 bits per heavy atom. The topological polar surface area (TPSA) is 12.0 Å². The SMILES string of the molecule is CC1CCCCCC1NC1CCCc2sc(Br)cc21. The number of rotatable bonds is 2. The molecular weight excluding hydrogens is 318 g/mol. The second kappa shape index (κ2) is 6.28. The van der Waals surface area contributed by atoms with Crippen molar-refractivity contribution in [3.05, 3.63) is 20.3 Å². The van der Waals surface area contributed by atoms with Crippen molar-refractivity contribution in [3.63, 3.8) is 0 Å². The molecule has 0 radical (unpaired) electrons. The van der Waals surface area contributed by atoms with E-state index in [9.17, 15) is 0 Å². The first kappa shape index (κ1) is 14.1. The highest BCUT2D eigenvalue weighted by molar-refractivity contribution is 9.11. The lowest BCUT2D eigenvalue weighted by Gasteiger charge is -2.31. The third-order valence-corrected chi connectivity index (χ3v) is 6.57. The van der Waals surface area contributed by atoms with Gasteiger partial charge in [-0.25, -0.2) is 0 Å². The van der Waals surface area contributed by atoms with Crippen molar-refractivity contribution in [1.29, 1.82) is 0 Å². The first-order chi connectivity index (χ1) is 9.24. The number of thiophene rings is 1. The molecule has 3 rings (SSSR count). The Morgan fingerprint density at radius 1 is 1.16 bits per heavy atom. The molecule has 1 N–H and O–H groups in total. The molecule has 1 saturated carbocycles. The van der Waals surface area contributed by atoms with Crippen molar-refractivity contribution in [1.82, 2.24) is 5.32 Å². The lowest BCUT2D eigenvalue weighted by atomic mass is 9.90. The molecule has 0 saturated heterocycles. The van der Waals surface area contributed by atoms with E-state index >= 15 is 0 Å². The highest BCUT2D eigenvalue weighted by atomic mass is 79.9. The molecule has 3 atom stereocenters. The maximum absolute atomic E-state index is 4.00. The normalized spacial score (nSPS) is 31.8. The average molecular weight is 342 g/mol. The van der Waals surface area contributed by atoms with Crippen LogP contribution >= 0.6 is 27.3 Å². The average Bonchev–Trinajstić information content (AvgIpc) is 2.66.